The van der Waals surface area contributed by atoms with Gasteiger partial charge in [-0.3, -0.25) is 4.79 Å². The normalized spacial score (nSPS) is 20.6. The number of hydrogen-bond acceptors (Lipinski definition) is 4. The average molecular weight is 298 g/mol. The number of amides is 1. The van der Waals surface area contributed by atoms with Gasteiger partial charge in [-0.25, -0.2) is 8.42 Å². The maximum Gasteiger partial charge on any atom is 0.246 e. The molecule has 1 aromatic carbocycles. The van der Waals surface area contributed by atoms with Gasteiger partial charge in [0.15, 0.2) is 0 Å². The van der Waals surface area contributed by atoms with Gasteiger partial charge in [0.2, 0.25) is 15.9 Å². The first kappa shape index (κ1) is 14.8. The third-order valence-corrected chi connectivity index (χ3v) is 5.38. The monoisotopic (exact) mass is 298 g/mol. The second-order valence-corrected chi connectivity index (χ2v) is 6.66. The van der Waals surface area contributed by atoms with Crippen molar-refractivity contribution in [3.05, 3.63) is 24.3 Å². The number of hydrogen-bond donors (Lipinski definition) is 1. The topological polar surface area (TPSA) is 89.7 Å². The van der Waals surface area contributed by atoms with Crippen molar-refractivity contribution >= 4 is 15.9 Å². The first-order chi connectivity index (χ1) is 9.46. The van der Waals surface area contributed by atoms with Crippen LogP contribution < -0.4 is 10.5 Å². The molecule has 0 aliphatic carbocycles. The Balaban J connectivity index is 2.32. The van der Waals surface area contributed by atoms with Gasteiger partial charge in [0.25, 0.3) is 0 Å². The molecular formula is C13H18N2O4S. The zero-order valence-corrected chi connectivity index (χ0v) is 12.1. The Bertz CT molecular complexity index is 600. The molecule has 1 fully saturated rings. The van der Waals surface area contributed by atoms with Gasteiger partial charge in [-0.05, 0) is 25.0 Å². The standard InChI is InChI=1S/C13H18N2O4S/c1-19-11-6-2-3-7-12(11)20(17,18)15-8-4-5-10(9-15)13(14)16/h2-3,6-7,10H,4-5,8-9H2,1H3,(H2,14,16). The molecule has 0 saturated carbocycles. The predicted molar refractivity (Wildman–Crippen MR) is 73.7 cm³/mol. The molecule has 1 aromatic rings. The zero-order valence-electron chi connectivity index (χ0n) is 11.3. The molecule has 2 N–H and O–H groups in total. The number of primary amides is 1. The van der Waals surface area contributed by atoms with Gasteiger partial charge < -0.3 is 10.5 Å². The van der Waals surface area contributed by atoms with Crippen LogP contribution in [0, 0.1) is 5.92 Å². The number of ether oxygens (including phenoxy) is 1. The van der Waals surface area contributed by atoms with Crippen molar-refractivity contribution in [3.8, 4) is 5.75 Å². The third-order valence-electron chi connectivity index (χ3n) is 3.47. The van der Waals surface area contributed by atoms with Crippen LogP contribution >= 0.6 is 0 Å². The van der Waals surface area contributed by atoms with Crippen molar-refractivity contribution in [1.29, 1.82) is 0 Å². The summed E-state index contributed by atoms with van der Waals surface area (Å²) in [6.07, 6.45) is 1.26. The van der Waals surface area contributed by atoms with Crippen molar-refractivity contribution in [2.45, 2.75) is 17.7 Å². The van der Waals surface area contributed by atoms with Gasteiger partial charge in [0, 0.05) is 13.1 Å². The molecule has 7 heteroatoms. The lowest BCUT2D eigenvalue weighted by Gasteiger charge is -2.30. The first-order valence-corrected chi connectivity index (χ1v) is 7.83. The van der Waals surface area contributed by atoms with Crippen molar-refractivity contribution in [3.63, 3.8) is 0 Å². The molecule has 6 nitrogen and oxygen atoms in total. The Labute approximate surface area is 118 Å². The second kappa shape index (κ2) is 5.80. The maximum atomic E-state index is 12.6. The summed E-state index contributed by atoms with van der Waals surface area (Å²) in [6.45, 7) is 0.528. The van der Waals surface area contributed by atoms with Gasteiger partial charge in [0.1, 0.15) is 10.6 Å². The summed E-state index contributed by atoms with van der Waals surface area (Å²) in [4.78, 5) is 11.4. The van der Waals surface area contributed by atoms with Crippen LogP contribution in [0.3, 0.4) is 0 Å². The molecule has 1 heterocycles. The molecule has 0 aromatic heterocycles. The van der Waals surface area contributed by atoms with Crippen LogP contribution in [0.25, 0.3) is 0 Å². The highest BCUT2D eigenvalue weighted by atomic mass is 32.2. The Morgan fingerprint density at radius 3 is 2.75 bits per heavy atom. The fourth-order valence-electron chi connectivity index (χ4n) is 2.36. The highest BCUT2D eigenvalue weighted by Crippen LogP contribution is 2.29. The van der Waals surface area contributed by atoms with E-state index >= 15 is 0 Å². The Morgan fingerprint density at radius 1 is 1.40 bits per heavy atom. The van der Waals surface area contributed by atoms with E-state index in [4.69, 9.17) is 10.5 Å². The van der Waals surface area contributed by atoms with Gasteiger partial charge in [-0.1, -0.05) is 12.1 Å². The molecule has 1 atom stereocenters. The SMILES string of the molecule is COc1ccccc1S(=O)(=O)N1CCCC(C(N)=O)C1. The van der Waals surface area contributed by atoms with E-state index in [0.29, 0.717) is 25.1 Å². The molecule has 1 aliphatic rings. The van der Waals surface area contributed by atoms with Gasteiger partial charge >= 0.3 is 0 Å². The molecule has 110 valence electrons. The highest BCUT2D eigenvalue weighted by Gasteiger charge is 2.33. The minimum Gasteiger partial charge on any atom is -0.495 e. The quantitative estimate of drug-likeness (QED) is 0.880. The van der Waals surface area contributed by atoms with Crippen molar-refractivity contribution in [2.24, 2.45) is 11.7 Å². The van der Waals surface area contributed by atoms with E-state index in [1.807, 2.05) is 0 Å². The molecule has 20 heavy (non-hydrogen) atoms. The van der Waals surface area contributed by atoms with Crippen LogP contribution in [0.4, 0.5) is 0 Å². The van der Waals surface area contributed by atoms with Crippen molar-refractivity contribution in [1.82, 2.24) is 4.31 Å². The fraction of sp³-hybridized carbons (Fsp3) is 0.462. The predicted octanol–water partition coefficient (Wildman–Crippen LogP) is 0.581. The number of nitrogens with two attached hydrogens (primary N) is 1. The molecule has 1 amide bonds. The highest BCUT2D eigenvalue weighted by molar-refractivity contribution is 7.89. The van der Waals surface area contributed by atoms with E-state index in [0.717, 1.165) is 0 Å². The lowest BCUT2D eigenvalue weighted by molar-refractivity contribution is -0.122. The lowest BCUT2D eigenvalue weighted by Crippen LogP contribution is -2.44. The van der Waals surface area contributed by atoms with Crippen LogP contribution in [0.2, 0.25) is 0 Å². The fourth-order valence-corrected chi connectivity index (χ4v) is 4.04. The van der Waals surface area contributed by atoms with E-state index < -0.39 is 21.8 Å². The van der Waals surface area contributed by atoms with Gasteiger partial charge in [-0.2, -0.15) is 4.31 Å². The van der Waals surface area contributed by atoms with E-state index in [1.165, 1.54) is 17.5 Å². The first-order valence-electron chi connectivity index (χ1n) is 6.39. The summed E-state index contributed by atoms with van der Waals surface area (Å²) in [7, 11) is -2.24. The largest absolute Gasteiger partial charge is 0.495 e. The van der Waals surface area contributed by atoms with E-state index in [1.54, 1.807) is 18.2 Å². The molecule has 1 aliphatic heterocycles. The number of nitrogens with zero attached hydrogens (tertiary/aromatic N) is 1. The van der Waals surface area contributed by atoms with Crippen molar-refractivity contribution < 1.29 is 17.9 Å². The number of carbonyl (C=O) groups is 1. The van der Waals surface area contributed by atoms with Crippen molar-refractivity contribution in [2.75, 3.05) is 20.2 Å². The maximum absolute atomic E-state index is 12.6. The van der Waals surface area contributed by atoms with Crippen LogP contribution in [0.1, 0.15) is 12.8 Å². The Kier molecular flexibility index (Phi) is 4.29. The number of rotatable bonds is 4. The van der Waals surface area contributed by atoms with Crippen LogP contribution in [-0.2, 0) is 14.8 Å². The van der Waals surface area contributed by atoms with Gasteiger partial charge in [0.05, 0.1) is 13.0 Å². The number of carbonyl (C=O) groups excluding carboxylic acids is 1. The molecule has 0 spiro atoms. The van der Waals surface area contributed by atoms with Crippen LogP contribution in [0.15, 0.2) is 29.2 Å². The average Bonchev–Trinajstić information content (AvgIpc) is 2.47. The minimum atomic E-state index is -3.67. The molecular weight excluding hydrogens is 280 g/mol. The number of piperidine rings is 1. The summed E-state index contributed by atoms with van der Waals surface area (Å²) < 4.78 is 31.7. The zero-order chi connectivity index (χ0) is 14.8. The van der Waals surface area contributed by atoms with Crippen LogP contribution in [0.5, 0.6) is 5.75 Å². The van der Waals surface area contributed by atoms with E-state index in [2.05, 4.69) is 0 Å². The number of benzene rings is 1. The molecule has 2 rings (SSSR count). The van der Waals surface area contributed by atoms with E-state index in [-0.39, 0.29) is 11.4 Å². The smallest absolute Gasteiger partial charge is 0.246 e. The number of sulfonamides is 1. The number of methoxy groups -OCH3 is 1. The number of para-hydroxylation sites is 1. The summed E-state index contributed by atoms with van der Waals surface area (Å²) in [5, 5.41) is 0. The van der Waals surface area contributed by atoms with Gasteiger partial charge in [-0.15, -0.1) is 0 Å². The minimum absolute atomic E-state index is 0.118. The molecule has 0 bridgehead atoms. The van der Waals surface area contributed by atoms with Crippen LogP contribution in [-0.4, -0.2) is 38.8 Å². The Morgan fingerprint density at radius 2 is 2.10 bits per heavy atom. The lowest BCUT2D eigenvalue weighted by atomic mass is 9.99. The summed E-state index contributed by atoms with van der Waals surface area (Å²) >= 11 is 0. The molecule has 0 radical (unpaired) electrons. The molecule has 1 unspecified atom stereocenters. The molecule has 1 saturated heterocycles. The summed E-state index contributed by atoms with van der Waals surface area (Å²) in [5.41, 5.74) is 5.28. The van der Waals surface area contributed by atoms with E-state index in [9.17, 15) is 13.2 Å². The third kappa shape index (κ3) is 2.78. The second-order valence-electron chi connectivity index (χ2n) is 4.76. The summed E-state index contributed by atoms with van der Waals surface area (Å²) in [6, 6.07) is 6.45. The summed E-state index contributed by atoms with van der Waals surface area (Å²) in [5.74, 6) is -0.577. The Hall–Kier alpha value is -1.60.